The Balaban J connectivity index is 1.80. The Kier molecular flexibility index (Phi) is 6.10. The largest absolute Gasteiger partial charge is 0.378 e. The van der Waals surface area contributed by atoms with Gasteiger partial charge in [-0.15, -0.1) is 0 Å². The van der Waals surface area contributed by atoms with E-state index in [1.165, 1.54) is 45.3 Å². The minimum absolute atomic E-state index is 0.280. The van der Waals surface area contributed by atoms with Gasteiger partial charge in [0.05, 0.1) is 6.10 Å². The maximum Gasteiger partial charge on any atom is 0.0655 e. The number of likely N-dealkylation sites (tertiary alicyclic amines) is 1. The Labute approximate surface area is 131 Å². The molecule has 0 bridgehead atoms. The average molecular weight is 296 g/mol. The van der Waals surface area contributed by atoms with Gasteiger partial charge in [-0.25, -0.2) is 0 Å². The zero-order valence-corrected chi connectivity index (χ0v) is 14.8. The van der Waals surface area contributed by atoms with Crippen molar-refractivity contribution in [2.75, 3.05) is 26.2 Å². The lowest BCUT2D eigenvalue weighted by Gasteiger charge is -2.53. The Morgan fingerprint density at radius 1 is 1.33 bits per heavy atom. The van der Waals surface area contributed by atoms with Gasteiger partial charge in [0.2, 0.25) is 0 Å². The highest BCUT2D eigenvalue weighted by Crippen LogP contribution is 2.43. The Morgan fingerprint density at radius 2 is 2.10 bits per heavy atom. The third-order valence-corrected chi connectivity index (χ3v) is 5.80. The van der Waals surface area contributed by atoms with Crippen molar-refractivity contribution >= 4 is 0 Å². The average Bonchev–Trinajstić information content (AvgIpc) is 2.46. The normalized spacial score (nSPS) is 34.4. The van der Waals surface area contributed by atoms with Gasteiger partial charge in [0.1, 0.15) is 0 Å². The lowest BCUT2D eigenvalue weighted by atomic mass is 9.64. The maximum absolute atomic E-state index is 5.85. The molecule has 3 heteroatoms. The molecule has 0 aromatic heterocycles. The van der Waals surface area contributed by atoms with Crippen LogP contribution >= 0.6 is 0 Å². The van der Waals surface area contributed by atoms with Gasteiger partial charge < -0.3 is 15.0 Å². The molecular formula is C18H36N2O. The van der Waals surface area contributed by atoms with Crippen molar-refractivity contribution in [2.24, 2.45) is 11.3 Å². The van der Waals surface area contributed by atoms with Crippen LogP contribution in [0.3, 0.4) is 0 Å². The number of nitrogens with zero attached hydrogens (tertiary/aromatic N) is 1. The molecule has 124 valence electrons. The van der Waals surface area contributed by atoms with Gasteiger partial charge in [-0.1, -0.05) is 20.8 Å². The van der Waals surface area contributed by atoms with E-state index < -0.39 is 0 Å². The van der Waals surface area contributed by atoms with Gasteiger partial charge in [0, 0.05) is 30.7 Å². The highest BCUT2D eigenvalue weighted by atomic mass is 16.5. The summed E-state index contributed by atoms with van der Waals surface area (Å²) in [7, 11) is 0. The van der Waals surface area contributed by atoms with Gasteiger partial charge in [-0.2, -0.15) is 0 Å². The fourth-order valence-corrected chi connectivity index (χ4v) is 4.12. The van der Waals surface area contributed by atoms with Gasteiger partial charge >= 0.3 is 0 Å². The topological polar surface area (TPSA) is 24.5 Å². The molecular weight excluding hydrogens is 260 g/mol. The monoisotopic (exact) mass is 296 g/mol. The minimum Gasteiger partial charge on any atom is -0.378 e. The quantitative estimate of drug-likeness (QED) is 0.780. The van der Waals surface area contributed by atoms with Gasteiger partial charge in [0.25, 0.3) is 0 Å². The first-order chi connectivity index (χ1) is 9.98. The van der Waals surface area contributed by atoms with E-state index in [2.05, 4.69) is 44.8 Å². The van der Waals surface area contributed by atoms with Crippen molar-refractivity contribution in [3.63, 3.8) is 0 Å². The van der Waals surface area contributed by atoms with Crippen LogP contribution in [0.1, 0.15) is 60.3 Å². The molecule has 0 aromatic carbocycles. The molecule has 1 aliphatic heterocycles. The summed E-state index contributed by atoms with van der Waals surface area (Å²) in [6.07, 6.45) is 5.65. The Morgan fingerprint density at radius 3 is 2.71 bits per heavy atom. The summed E-state index contributed by atoms with van der Waals surface area (Å²) in [5.41, 5.74) is 0.280. The van der Waals surface area contributed by atoms with E-state index in [4.69, 9.17) is 4.74 Å². The molecule has 1 saturated heterocycles. The van der Waals surface area contributed by atoms with Gasteiger partial charge in [-0.3, -0.25) is 0 Å². The van der Waals surface area contributed by atoms with Crippen LogP contribution in [0.4, 0.5) is 0 Å². The molecule has 0 aromatic rings. The highest BCUT2D eigenvalue weighted by Gasteiger charge is 2.49. The molecule has 2 rings (SSSR count). The van der Waals surface area contributed by atoms with E-state index in [-0.39, 0.29) is 5.41 Å². The molecule has 0 amide bonds. The second kappa shape index (κ2) is 7.43. The lowest BCUT2D eigenvalue weighted by molar-refractivity contribution is -0.117. The van der Waals surface area contributed by atoms with E-state index in [0.717, 1.165) is 12.5 Å². The number of hydrogen-bond donors (Lipinski definition) is 1. The molecule has 1 saturated carbocycles. The second-order valence-electron chi connectivity index (χ2n) is 7.71. The predicted molar refractivity (Wildman–Crippen MR) is 89.7 cm³/mol. The van der Waals surface area contributed by atoms with Crippen LogP contribution in [0.25, 0.3) is 0 Å². The van der Waals surface area contributed by atoms with E-state index in [9.17, 15) is 0 Å². The van der Waals surface area contributed by atoms with E-state index in [0.29, 0.717) is 18.2 Å². The molecule has 0 radical (unpaired) electrons. The molecule has 4 atom stereocenters. The van der Waals surface area contributed by atoms with Crippen LogP contribution < -0.4 is 5.32 Å². The van der Waals surface area contributed by atoms with Crippen molar-refractivity contribution < 1.29 is 4.74 Å². The van der Waals surface area contributed by atoms with Crippen LogP contribution in [0.5, 0.6) is 0 Å². The SMILES string of the molecule is CCCN1CCCC(C(C)NC2CC(OCC)C2(C)C)C1. The van der Waals surface area contributed by atoms with Crippen LogP contribution in [0.2, 0.25) is 0 Å². The Bertz CT molecular complexity index is 316. The fraction of sp³-hybridized carbons (Fsp3) is 1.00. The Hall–Kier alpha value is -0.120. The zero-order valence-electron chi connectivity index (χ0n) is 14.8. The predicted octanol–water partition coefficient (Wildman–Crippen LogP) is 3.29. The van der Waals surface area contributed by atoms with E-state index >= 15 is 0 Å². The maximum atomic E-state index is 5.85. The molecule has 1 aliphatic carbocycles. The number of nitrogens with one attached hydrogen (secondary N) is 1. The number of rotatable bonds is 7. The summed E-state index contributed by atoms with van der Waals surface area (Å²) in [5.74, 6) is 0.812. The summed E-state index contributed by atoms with van der Waals surface area (Å²) in [4.78, 5) is 2.65. The van der Waals surface area contributed by atoms with Crippen LogP contribution in [0, 0.1) is 11.3 Å². The smallest absolute Gasteiger partial charge is 0.0655 e. The third kappa shape index (κ3) is 4.00. The van der Waals surface area contributed by atoms with Gasteiger partial charge in [-0.05, 0) is 58.5 Å². The molecule has 21 heavy (non-hydrogen) atoms. The van der Waals surface area contributed by atoms with Crippen molar-refractivity contribution in [3.8, 4) is 0 Å². The van der Waals surface area contributed by atoms with E-state index in [1.54, 1.807) is 0 Å². The molecule has 4 unspecified atom stereocenters. The fourth-order valence-electron chi connectivity index (χ4n) is 4.12. The number of piperidine rings is 1. The van der Waals surface area contributed by atoms with Crippen molar-refractivity contribution in [2.45, 2.75) is 78.5 Å². The molecule has 1 heterocycles. The van der Waals surface area contributed by atoms with Crippen molar-refractivity contribution in [1.29, 1.82) is 0 Å². The summed E-state index contributed by atoms with van der Waals surface area (Å²) < 4.78 is 5.85. The molecule has 3 nitrogen and oxygen atoms in total. The third-order valence-electron chi connectivity index (χ3n) is 5.80. The lowest BCUT2D eigenvalue weighted by Crippen LogP contribution is -2.63. The minimum atomic E-state index is 0.280. The first kappa shape index (κ1) is 17.2. The first-order valence-electron chi connectivity index (χ1n) is 9.09. The first-order valence-corrected chi connectivity index (χ1v) is 9.09. The molecule has 2 aliphatic rings. The summed E-state index contributed by atoms with van der Waals surface area (Å²) in [6.45, 7) is 16.2. The van der Waals surface area contributed by atoms with Crippen molar-refractivity contribution in [3.05, 3.63) is 0 Å². The number of hydrogen-bond acceptors (Lipinski definition) is 3. The number of ether oxygens (including phenoxy) is 1. The summed E-state index contributed by atoms with van der Waals surface area (Å²) in [6, 6.07) is 1.24. The van der Waals surface area contributed by atoms with Crippen molar-refractivity contribution in [1.82, 2.24) is 10.2 Å². The molecule has 2 fully saturated rings. The highest BCUT2D eigenvalue weighted by molar-refractivity contribution is 5.04. The summed E-state index contributed by atoms with van der Waals surface area (Å²) >= 11 is 0. The van der Waals surface area contributed by atoms with Crippen LogP contribution in [-0.4, -0.2) is 49.3 Å². The van der Waals surface area contributed by atoms with E-state index in [1.807, 2.05) is 0 Å². The molecule has 0 spiro atoms. The summed E-state index contributed by atoms with van der Waals surface area (Å²) in [5, 5.41) is 3.92. The van der Waals surface area contributed by atoms with Crippen LogP contribution in [-0.2, 0) is 4.74 Å². The zero-order chi connectivity index (χ0) is 15.5. The standard InChI is InChI=1S/C18H36N2O/c1-6-10-20-11-8-9-15(13-20)14(3)19-16-12-17(21-7-2)18(16,4)5/h14-17,19H,6-13H2,1-5H3. The molecule has 1 N–H and O–H groups in total. The van der Waals surface area contributed by atoms with Crippen LogP contribution in [0.15, 0.2) is 0 Å². The van der Waals surface area contributed by atoms with Gasteiger partial charge in [0.15, 0.2) is 0 Å². The second-order valence-corrected chi connectivity index (χ2v) is 7.71.